The van der Waals surface area contributed by atoms with Crippen LogP contribution < -0.4 is 15.5 Å². The molecule has 1 saturated heterocycles. The van der Waals surface area contributed by atoms with Gasteiger partial charge in [0.15, 0.2) is 0 Å². The molecule has 0 saturated carbocycles. The minimum atomic E-state index is -0.633. The maximum Gasteiger partial charge on any atom is 0.313 e. The Labute approximate surface area is 179 Å². The number of hydrogen-bond acceptors (Lipinski definition) is 4. The number of benzene rings is 2. The molecule has 2 N–H and O–H groups in total. The number of anilines is 2. The summed E-state index contributed by atoms with van der Waals surface area (Å²) in [4.78, 5) is 29.4. The number of amides is 2. The normalized spacial score (nSPS) is 14.9. The first-order valence-corrected chi connectivity index (χ1v) is 10.5. The van der Waals surface area contributed by atoms with Crippen molar-refractivity contribution in [3.05, 3.63) is 59.2 Å². The van der Waals surface area contributed by atoms with E-state index in [0.29, 0.717) is 12.2 Å². The van der Waals surface area contributed by atoms with Crippen molar-refractivity contribution >= 4 is 23.2 Å². The number of carbonyl (C=O) groups excluding carboxylic acids is 2. The summed E-state index contributed by atoms with van der Waals surface area (Å²) in [5.74, 6) is -1.24. The minimum Gasteiger partial charge on any atom is -0.378 e. The molecule has 0 spiro atoms. The van der Waals surface area contributed by atoms with Gasteiger partial charge in [0.25, 0.3) is 0 Å². The lowest BCUT2D eigenvalue weighted by Gasteiger charge is -2.28. The van der Waals surface area contributed by atoms with Crippen LogP contribution >= 0.6 is 0 Å². The largest absolute Gasteiger partial charge is 0.378 e. The van der Waals surface area contributed by atoms with Crippen LogP contribution in [0.25, 0.3) is 0 Å². The Kier molecular flexibility index (Phi) is 7.11. The average Bonchev–Trinajstić information content (AvgIpc) is 3.25. The summed E-state index contributed by atoms with van der Waals surface area (Å²) in [6.07, 6.45) is 2.32. The van der Waals surface area contributed by atoms with Crippen LogP contribution in [0.1, 0.15) is 35.6 Å². The third-order valence-corrected chi connectivity index (χ3v) is 5.68. The number of rotatable bonds is 6. The Bertz CT molecular complexity index is 887. The van der Waals surface area contributed by atoms with Crippen molar-refractivity contribution in [1.29, 1.82) is 0 Å². The smallest absolute Gasteiger partial charge is 0.313 e. The molecule has 0 radical (unpaired) electrons. The van der Waals surface area contributed by atoms with E-state index >= 15 is 0 Å². The molecule has 1 aliphatic heterocycles. The van der Waals surface area contributed by atoms with E-state index in [0.717, 1.165) is 48.3 Å². The second kappa shape index (κ2) is 9.76. The summed E-state index contributed by atoms with van der Waals surface area (Å²) in [5.41, 5.74) is 4.92. The molecule has 3 rings (SSSR count). The Morgan fingerprint density at radius 2 is 1.67 bits per heavy atom. The highest BCUT2D eigenvalue weighted by Gasteiger charge is 2.25. The summed E-state index contributed by atoms with van der Waals surface area (Å²) >= 11 is 0. The molecule has 1 atom stereocenters. The van der Waals surface area contributed by atoms with Crippen LogP contribution in [0.4, 0.5) is 11.4 Å². The number of hydrogen-bond donors (Lipinski definition) is 2. The van der Waals surface area contributed by atoms with E-state index in [-0.39, 0.29) is 6.04 Å². The molecule has 1 unspecified atom stereocenters. The highest BCUT2D eigenvalue weighted by Crippen LogP contribution is 2.26. The zero-order valence-corrected chi connectivity index (χ0v) is 18.4. The van der Waals surface area contributed by atoms with E-state index in [1.807, 2.05) is 46.1 Å². The quantitative estimate of drug-likeness (QED) is 0.720. The van der Waals surface area contributed by atoms with E-state index in [1.54, 1.807) is 0 Å². The molecular formula is C24H32N4O2. The molecule has 0 aromatic heterocycles. The van der Waals surface area contributed by atoms with Gasteiger partial charge < -0.3 is 15.5 Å². The van der Waals surface area contributed by atoms with Gasteiger partial charge in [-0.15, -0.1) is 0 Å². The predicted octanol–water partition coefficient (Wildman–Crippen LogP) is 3.26. The maximum absolute atomic E-state index is 12.5. The molecule has 1 heterocycles. The second-order valence-electron chi connectivity index (χ2n) is 8.23. The standard InChI is InChI=1S/C24H32N4O2/c1-17-7-8-18(2)21(15-17)26-24(30)23(29)25-16-22(28-13-5-6-14-28)19-9-11-20(12-10-19)27(3)4/h7-12,15,22H,5-6,13-14,16H2,1-4H3,(H,25,29)(H,26,30). The fraction of sp³-hybridized carbons (Fsp3) is 0.417. The van der Waals surface area contributed by atoms with Crippen LogP contribution in [-0.2, 0) is 9.59 Å². The van der Waals surface area contributed by atoms with Gasteiger partial charge in [-0.05, 0) is 74.7 Å². The van der Waals surface area contributed by atoms with E-state index in [2.05, 4.69) is 44.7 Å². The highest BCUT2D eigenvalue weighted by atomic mass is 16.2. The molecule has 0 bridgehead atoms. The zero-order chi connectivity index (χ0) is 21.7. The summed E-state index contributed by atoms with van der Waals surface area (Å²) in [5, 5.41) is 5.58. The Balaban J connectivity index is 1.66. The number of aryl methyl sites for hydroxylation is 2. The summed E-state index contributed by atoms with van der Waals surface area (Å²) in [6, 6.07) is 14.3. The minimum absolute atomic E-state index is 0.0566. The molecule has 2 aromatic rings. The second-order valence-corrected chi connectivity index (χ2v) is 8.23. The highest BCUT2D eigenvalue weighted by molar-refractivity contribution is 6.39. The first-order chi connectivity index (χ1) is 14.3. The van der Waals surface area contributed by atoms with Crippen molar-refractivity contribution in [2.24, 2.45) is 0 Å². The first kappa shape index (κ1) is 21.8. The molecule has 160 valence electrons. The molecule has 1 aliphatic rings. The molecule has 6 nitrogen and oxygen atoms in total. The predicted molar refractivity (Wildman–Crippen MR) is 122 cm³/mol. The van der Waals surface area contributed by atoms with E-state index in [4.69, 9.17) is 0 Å². The van der Waals surface area contributed by atoms with E-state index in [9.17, 15) is 9.59 Å². The fourth-order valence-corrected chi connectivity index (χ4v) is 3.82. The van der Waals surface area contributed by atoms with Gasteiger partial charge in [0.1, 0.15) is 0 Å². The van der Waals surface area contributed by atoms with Gasteiger partial charge in [-0.2, -0.15) is 0 Å². The molecular weight excluding hydrogens is 376 g/mol. The van der Waals surface area contributed by atoms with Crippen molar-refractivity contribution in [2.75, 3.05) is 43.9 Å². The monoisotopic (exact) mass is 408 g/mol. The van der Waals surface area contributed by atoms with Gasteiger partial charge >= 0.3 is 11.8 Å². The summed E-state index contributed by atoms with van der Waals surface area (Å²) < 4.78 is 0. The van der Waals surface area contributed by atoms with Crippen molar-refractivity contribution in [1.82, 2.24) is 10.2 Å². The van der Waals surface area contributed by atoms with E-state index in [1.165, 1.54) is 0 Å². The van der Waals surface area contributed by atoms with Crippen LogP contribution in [0.15, 0.2) is 42.5 Å². The van der Waals surface area contributed by atoms with Gasteiger partial charge in [-0.3, -0.25) is 14.5 Å². The topological polar surface area (TPSA) is 64.7 Å². The molecule has 0 aliphatic carbocycles. The van der Waals surface area contributed by atoms with Crippen LogP contribution in [-0.4, -0.2) is 50.4 Å². The third-order valence-electron chi connectivity index (χ3n) is 5.68. The van der Waals surface area contributed by atoms with Gasteiger partial charge in [0.05, 0.1) is 6.04 Å². The summed E-state index contributed by atoms with van der Waals surface area (Å²) in [6.45, 7) is 6.28. The zero-order valence-electron chi connectivity index (χ0n) is 18.4. The Hall–Kier alpha value is -2.86. The molecule has 30 heavy (non-hydrogen) atoms. The Morgan fingerprint density at radius 1 is 1.00 bits per heavy atom. The van der Waals surface area contributed by atoms with Crippen molar-refractivity contribution in [3.8, 4) is 0 Å². The lowest BCUT2D eigenvalue weighted by molar-refractivity contribution is -0.136. The number of carbonyl (C=O) groups is 2. The van der Waals surface area contributed by atoms with Crippen LogP contribution in [0.3, 0.4) is 0 Å². The van der Waals surface area contributed by atoms with Crippen LogP contribution in [0.5, 0.6) is 0 Å². The SMILES string of the molecule is Cc1ccc(C)c(NC(=O)C(=O)NCC(c2ccc(N(C)C)cc2)N2CCCC2)c1. The van der Waals surface area contributed by atoms with Crippen molar-refractivity contribution < 1.29 is 9.59 Å². The fourth-order valence-electron chi connectivity index (χ4n) is 3.82. The third kappa shape index (κ3) is 5.39. The van der Waals surface area contributed by atoms with E-state index < -0.39 is 11.8 Å². The maximum atomic E-state index is 12.5. The van der Waals surface area contributed by atoms with Gasteiger partial charge in [-0.1, -0.05) is 24.3 Å². The number of likely N-dealkylation sites (tertiary alicyclic amines) is 1. The van der Waals surface area contributed by atoms with Gasteiger partial charge in [-0.25, -0.2) is 0 Å². The van der Waals surface area contributed by atoms with Crippen molar-refractivity contribution in [2.45, 2.75) is 32.7 Å². The Morgan fingerprint density at radius 3 is 2.30 bits per heavy atom. The van der Waals surface area contributed by atoms with Gasteiger partial charge in [0.2, 0.25) is 0 Å². The molecule has 2 aromatic carbocycles. The van der Waals surface area contributed by atoms with Gasteiger partial charge in [0, 0.05) is 32.0 Å². The average molecular weight is 409 g/mol. The van der Waals surface area contributed by atoms with Crippen LogP contribution in [0, 0.1) is 13.8 Å². The lowest BCUT2D eigenvalue weighted by Crippen LogP contribution is -2.41. The summed E-state index contributed by atoms with van der Waals surface area (Å²) in [7, 11) is 4.03. The molecule has 2 amide bonds. The molecule has 1 fully saturated rings. The lowest BCUT2D eigenvalue weighted by atomic mass is 10.0. The van der Waals surface area contributed by atoms with Crippen LogP contribution in [0.2, 0.25) is 0 Å². The van der Waals surface area contributed by atoms with Crippen molar-refractivity contribution in [3.63, 3.8) is 0 Å². The number of nitrogens with one attached hydrogen (secondary N) is 2. The first-order valence-electron chi connectivity index (χ1n) is 10.5. The number of nitrogens with zero attached hydrogens (tertiary/aromatic N) is 2. The molecule has 6 heteroatoms.